The van der Waals surface area contributed by atoms with E-state index in [-0.39, 0.29) is 0 Å². The minimum Gasteiger partial charge on any atom is -0.490 e. The van der Waals surface area contributed by atoms with E-state index in [2.05, 4.69) is 61.2 Å². The van der Waals surface area contributed by atoms with Crippen molar-refractivity contribution in [1.29, 1.82) is 0 Å². The Labute approximate surface area is 167 Å². The Bertz CT molecular complexity index is 928. The van der Waals surface area contributed by atoms with Crippen molar-refractivity contribution in [2.24, 2.45) is 0 Å². The number of nitrogens with one attached hydrogen (secondary N) is 1. The lowest BCUT2D eigenvalue weighted by Crippen LogP contribution is -2.28. The van der Waals surface area contributed by atoms with Gasteiger partial charge in [-0.1, -0.05) is 38.5 Å². The molecule has 0 fully saturated rings. The smallest absolute Gasteiger partial charge is 0.204 e. The molecule has 28 heavy (non-hydrogen) atoms. The maximum Gasteiger partial charge on any atom is 0.204 e. The average Bonchev–Trinajstić information content (AvgIpc) is 3.16. The SMILES string of the molecule is CCCN(CCC)c1c(OC)c(Nc2ccc(C)cc2CC)nc2ccnn12. The molecule has 6 heteroatoms. The lowest BCUT2D eigenvalue weighted by atomic mass is 10.1. The number of aryl methyl sites for hydroxylation is 2. The molecule has 3 aromatic rings. The van der Waals surface area contributed by atoms with E-state index in [4.69, 9.17) is 9.72 Å². The van der Waals surface area contributed by atoms with Crippen LogP contribution in [0.3, 0.4) is 0 Å². The third-order valence-corrected chi connectivity index (χ3v) is 4.85. The maximum atomic E-state index is 5.87. The molecule has 2 heterocycles. The fourth-order valence-electron chi connectivity index (χ4n) is 3.59. The Morgan fingerprint density at radius 2 is 1.86 bits per heavy atom. The zero-order chi connectivity index (χ0) is 20.1. The number of anilines is 3. The predicted octanol–water partition coefficient (Wildman–Crippen LogP) is 4.98. The number of aromatic nitrogens is 3. The summed E-state index contributed by atoms with van der Waals surface area (Å²) >= 11 is 0. The Kier molecular flexibility index (Phi) is 6.39. The first-order valence-corrected chi connectivity index (χ1v) is 10.2. The van der Waals surface area contributed by atoms with E-state index in [0.717, 1.165) is 61.1 Å². The van der Waals surface area contributed by atoms with Crippen LogP contribution in [0.1, 0.15) is 44.7 Å². The van der Waals surface area contributed by atoms with Gasteiger partial charge in [0.15, 0.2) is 17.3 Å². The number of hydrogen-bond acceptors (Lipinski definition) is 5. The van der Waals surface area contributed by atoms with Crippen LogP contribution in [0, 0.1) is 6.92 Å². The van der Waals surface area contributed by atoms with Crippen molar-refractivity contribution >= 4 is 23.0 Å². The van der Waals surface area contributed by atoms with Gasteiger partial charge >= 0.3 is 0 Å². The van der Waals surface area contributed by atoms with Crippen LogP contribution in [0.4, 0.5) is 17.3 Å². The second kappa shape index (κ2) is 8.95. The van der Waals surface area contributed by atoms with Gasteiger partial charge in [0.25, 0.3) is 0 Å². The minimum absolute atomic E-state index is 0.723. The first-order valence-electron chi connectivity index (χ1n) is 10.2. The number of nitrogens with zero attached hydrogens (tertiary/aromatic N) is 4. The average molecular weight is 382 g/mol. The quantitative estimate of drug-likeness (QED) is 0.566. The summed E-state index contributed by atoms with van der Waals surface area (Å²) in [6, 6.07) is 8.38. The number of ether oxygens (including phenoxy) is 1. The molecule has 0 aliphatic carbocycles. The van der Waals surface area contributed by atoms with E-state index in [0.29, 0.717) is 0 Å². The number of rotatable bonds is 9. The molecule has 0 aliphatic rings. The fourth-order valence-corrected chi connectivity index (χ4v) is 3.59. The highest BCUT2D eigenvalue weighted by Gasteiger charge is 2.22. The summed E-state index contributed by atoms with van der Waals surface area (Å²) in [5, 5.41) is 8.04. The van der Waals surface area contributed by atoms with Crippen molar-refractivity contribution in [2.75, 3.05) is 30.4 Å². The van der Waals surface area contributed by atoms with Crippen molar-refractivity contribution in [1.82, 2.24) is 14.6 Å². The lowest BCUT2D eigenvalue weighted by Gasteiger charge is -2.27. The molecule has 1 aromatic carbocycles. The molecule has 0 amide bonds. The van der Waals surface area contributed by atoms with Crippen LogP contribution >= 0.6 is 0 Å². The van der Waals surface area contributed by atoms with Crippen LogP contribution in [0.25, 0.3) is 5.65 Å². The van der Waals surface area contributed by atoms with Gasteiger partial charge in [0.1, 0.15) is 0 Å². The van der Waals surface area contributed by atoms with Gasteiger partial charge in [-0.3, -0.25) is 0 Å². The molecule has 150 valence electrons. The van der Waals surface area contributed by atoms with E-state index in [9.17, 15) is 0 Å². The summed E-state index contributed by atoms with van der Waals surface area (Å²) in [6.45, 7) is 10.5. The van der Waals surface area contributed by atoms with Gasteiger partial charge in [-0.2, -0.15) is 9.61 Å². The summed E-state index contributed by atoms with van der Waals surface area (Å²) in [6.07, 6.45) is 4.84. The van der Waals surface area contributed by atoms with Crippen LogP contribution in [0.5, 0.6) is 5.75 Å². The molecule has 0 unspecified atom stereocenters. The highest BCUT2D eigenvalue weighted by atomic mass is 16.5. The molecule has 0 radical (unpaired) electrons. The number of fused-ring (bicyclic) bond motifs is 1. The van der Waals surface area contributed by atoms with Crippen LogP contribution in [-0.4, -0.2) is 34.8 Å². The first kappa shape index (κ1) is 20.0. The Morgan fingerprint density at radius 3 is 2.50 bits per heavy atom. The molecular weight excluding hydrogens is 350 g/mol. The van der Waals surface area contributed by atoms with Crippen LogP contribution in [0.15, 0.2) is 30.5 Å². The van der Waals surface area contributed by atoms with Gasteiger partial charge in [0, 0.05) is 24.8 Å². The van der Waals surface area contributed by atoms with Gasteiger partial charge in [0.2, 0.25) is 5.75 Å². The molecule has 1 N–H and O–H groups in total. The van der Waals surface area contributed by atoms with E-state index >= 15 is 0 Å². The normalized spacial score (nSPS) is 11.0. The molecule has 0 saturated carbocycles. The van der Waals surface area contributed by atoms with Gasteiger partial charge in [-0.25, -0.2) is 4.98 Å². The molecule has 0 bridgehead atoms. The second-order valence-electron chi connectivity index (χ2n) is 7.04. The zero-order valence-electron chi connectivity index (χ0n) is 17.6. The molecule has 2 aromatic heterocycles. The van der Waals surface area contributed by atoms with Gasteiger partial charge < -0.3 is 15.0 Å². The van der Waals surface area contributed by atoms with Crippen molar-refractivity contribution < 1.29 is 4.74 Å². The van der Waals surface area contributed by atoms with Crippen molar-refractivity contribution in [3.05, 3.63) is 41.6 Å². The van der Waals surface area contributed by atoms with E-state index < -0.39 is 0 Å². The third-order valence-electron chi connectivity index (χ3n) is 4.85. The Hall–Kier alpha value is -2.76. The van der Waals surface area contributed by atoms with Gasteiger partial charge in [-0.05, 0) is 37.8 Å². The van der Waals surface area contributed by atoms with Crippen molar-refractivity contribution in [3.63, 3.8) is 0 Å². The third kappa shape index (κ3) is 3.91. The maximum absolute atomic E-state index is 5.87. The van der Waals surface area contributed by atoms with E-state index in [1.807, 2.05) is 10.6 Å². The topological polar surface area (TPSA) is 54.7 Å². The predicted molar refractivity (Wildman–Crippen MR) is 116 cm³/mol. The fraction of sp³-hybridized carbons (Fsp3) is 0.455. The van der Waals surface area contributed by atoms with E-state index in [1.54, 1.807) is 13.3 Å². The zero-order valence-corrected chi connectivity index (χ0v) is 17.6. The van der Waals surface area contributed by atoms with Crippen LogP contribution in [0.2, 0.25) is 0 Å². The number of benzene rings is 1. The summed E-state index contributed by atoms with van der Waals surface area (Å²) in [5.74, 6) is 2.40. The minimum atomic E-state index is 0.723. The molecular formula is C22H31N5O. The first-order chi connectivity index (χ1) is 13.6. The highest BCUT2D eigenvalue weighted by Crippen LogP contribution is 2.37. The van der Waals surface area contributed by atoms with Crippen molar-refractivity contribution in [3.8, 4) is 5.75 Å². The van der Waals surface area contributed by atoms with Gasteiger partial charge in [0.05, 0.1) is 13.3 Å². The van der Waals surface area contributed by atoms with Crippen molar-refractivity contribution in [2.45, 2.75) is 47.0 Å². The molecule has 0 atom stereocenters. The Balaban J connectivity index is 2.15. The molecule has 0 aliphatic heterocycles. The summed E-state index contributed by atoms with van der Waals surface area (Å²) in [5.41, 5.74) is 4.39. The van der Waals surface area contributed by atoms with Gasteiger partial charge in [-0.15, -0.1) is 0 Å². The largest absolute Gasteiger partial charge is 0.490 e. The molecule has 3 rings (SSSR count). The lowest BCUT2D eigenvalue weighted by molar-refractivity contribution is 0.411. The summed E-state index contributed by atoms with van der Waals surface area (Å²) in [7, 11) is 1.70. The highest BCUT2D eigenvalue weighted by molar-refractivity contribution is 5.75. The molecule has 0 spiro atoms. The Morgan fingerprint density at radius 1 is 1.11 bits per heavy atom. The summed E-state index contributed by atoms with van der Waals surface area (Å²) < 4.78 is 7.75. The molecule has 6 nitrogen and oxygen atoms in total. The number of hydrogen-bond donors (Lipinski definition) is 1. The second-order valence-corrected chi connectivity index (χ2v) is 7.04. The standard InChI is InChI=1S/C22H31N5O/c1-6-13-26(14-7-2)22-20(28-5)21(25-19-11-12-23-27(19)22)24-18-10-9-16(4)15-17(18)8-3/h9-12,15H,6-8,13-14H2,1-5H3,(H,24,25). The van der Waals surface area contributed by atoms with Crippen LogP contribution in [-0.2, 0) is 6.42 Å². The summed E-state index contributed by atoms with van der Waals surface area (Å²) in [4.78, 5) is 7.14. The molecule has 0 saturated heterocycles. The van der Waals surface area contributed by atoms with Crippen LogP contribution < -0.4 is 15.0 Å². The monoisotopic (exact) mass is 381 g/mol. The number of methoxy groups -OCH3 is 1. The van der Waals surface area contributed by atoms with E-state index in [1.165, 1.54) is 11.1 Å².